The largest absolute Gasteiger partial charge is 0.421 e. The molecule has 0 heterocycles. The highest BCUT2D eigenvalue weighted by atomic mass is 31.2. The van der Waals surface area contributed by atoms with Gasteiger partial charge in [0.2, 0.25) is 0 Å². The monoisotopic (exact) mass is 422 g/mol. The van der Waals surface area contributed by atoms with E-state index in [1.54, 1.807) is 36.4 Å². The van der Waals surface area contributed by atoms with Crippen molar-refractivity contribution in [3.05, 3.63) is 84.4 Å². The lowest BCUT2D eigenvalue weighted by Gasteiger charge is -2.25. The van der Waals surface area contributed by atoms with Gasteiger partial charge >= 0.3 is 7.60 Å². The predicted molar refractivity (Wildman–Crippen MR) is 126 cm³/mol. The summed E-state index contributed by atoms with van der Waals surface area (Å²) >= 11 is 0. The number of hydrogen-bond acceptors (Lipinski definition) is 2. The Labute approximate surface area is 180 Å². The van der Waals surface area contributed by atoms with Gasteiger partial charge in [-0.15, -0.1) is 0 Å². The minimum absolute atomic E-state index is 0.163. The maximum Gasteiger partial charge on any atom is 0.408 e. The molecule has 1 unspecified atom stereocenters. The summed E-state index contributed by atoms with van der Waals surface area (Å²) in [4.78, 5) is 10.3. The minimum Gasteiger partial charge on any atom is -0.421 e. The average molecular weight is 423 g/mol. The number of para-hydroxylation sites is 1. The third-order valence-corrected chi connectivity index (χ3v) is 6.98. The minimum atomic E-state index is -3.92. The normalized spacial score (nSPS) is 13.6. The number of unbranched alkanes of at least 4 members (excludes halogenated alkanes) is 2. The third kappa shape index (κ3) is 5.62. The van der Waals surface area contributed by atoms with Crippen LogP contribution in [0.1, 0.15) is 52.0 Å². The zero-order chi connectivity index (χ0) is 21.6. The molecule has 0 saturated carbocycles. The second-order valence-corrected chi connectivity index (χ2v) is 10.1. The van der Waals surface area contributed by atoms with Gasteiger partial charge in [-0.25, -0.2) is 4.57 Å². The third-order valence-electron chi connectivity index (χ3n) is 5.57. The Balaban J connectivity index is 1.72. The average Bonchev–Trinajstić information content (AvgIpc) is 2.74. The van der Waals surface area contributed by atoms with Crippen LogP contribution in [0.2, 0.25) is 0 Å². The Kier molecular flexibility index (Phi) is 7.18. The van der Waals surface area contributed by atoms with Gasteiger partial charge in [0.15, 0.2) is 0 Å². The molecule has 0 fully saturated rings. The molecule has 1 atom stereocenters. The maximum atomic E-state index is 12.6. The lowest BCUT2D eigenvalue weighted by Crippen LogP contribution is -2.16. The van der Waals surface area contributed by atoms with Gasteiger partial charge in [0.05, 0.1) is 5.30 Å². The second-order valence-electron chi connectivity index (χ2n) is 8.39. The highest BCUT2D eigenvalue weighted by Gasteiger charge is 2.24. The first-order valence-electron chi connectivity index (χ1n) is 10.6. The maximum absolute atomic E-state index is 12.6. The van der Waals surface area contributed by atoms with Crippen LogP contribution in [0, 0.1) is 0 Å². The van der Waals surface area contributed by atoms with Crippen molar-refractivity contribution >= 4 is 12.9 Å². The molecule has 0 radical (unpaired) electrons. The van der Waals surface area contributed by atoms with E-state index in [2.05, 4.69) is 45.0 Å². The van der Waals surface area contributed by atoms with Crippen molar-refractivity contribution in [1.29, 1.82) is 0 Å². The molecule has 158 valence electrons. The Morgan fingerprint density at radius 3 is 1.97 bits per heavy atom. The number of benzene rings is 3. The fourth-order valence-electron chi connectivity index (χ4n) is 3.59. The molecule has 0 saturated heterocycles. The number of hydrogen-bond donors (Lipinski definition) is 1. The Morgan fingerprint density at radius 1 is 0.833 bits per heavy atom. The van der Waals surface area contributed by atoms with Gasteiger partial charge in [0.25, 0.3) is 0 Å². The molecule has 0 spiro atoms. The van der Waals surface area contributed by atoms with Crippen LogP contribution in [-0.2, 0) is 9.98 Å². The SMILES string of the molecule is CCCCCC(C)(C)c1ccc(-c2ccc(P(=O)(O)Oc3ccccc3)cc2)cc1. The van der Waals surface area contributed by atoms with Crippen molar-refractivity contribution in [2.45, 2.75) is 51.9 Å². The highest BCUT2D eigenvalue weighted by molar-refractivity contribution is 7.61. The quantitative estimate of drug-likeness (QED) is 0.295. The van der Waals surface area contributed by atoms with Crippen LogP contribution >= 0.6 is 7.60 Å². The molecule has 3 rings (SSSR count). The molecule has 0 bridgehead atoms. The summed E-state index contributed by atoms with van der Waals surface area (Å²) in [6.45, 7) is 6.84. The zero-order valence-electron chi connectivity index (χ0n) is 18.0. The molecular weight excluding hydrogens is 391 g/mol. The molecule has 3 nitrogen and oxygen atoms in total. The van der Waals surface area contributed by atoms with Crippen LogP contribution in [0.15, 0.2) is 78.9 Å². The van der Waals surface area contributed by atoms with Crippen molar-refractivity contribution in [3.8, 4) is 16.9 Å². The fraction of sp³-hybridized carbons (Fsp3) is 0.308. The summed E-state index contributed by atoms with van der Waals surface area (Å²) in [5, 5.41) is 0.281. The summed E-state index contributed by atoms with van der Waals surface area (Å²) in [6, 6.07) is 24.4. The van der Waals surface area contributed by atoms with Gasteiger partial charge in [0, 0.05) is 0 Å². The van der Waals surface area contributed by atoms with E-state index >= 15 is 0 Å². The Hall–Kier alpha value is -2.35. The molecule has 4 heteroatoms. The van der Waals surface area contributed by atoms with E-state index in [0.717, 1.165) is 11.1 Å². The van der Waals surface area contributed by atoms with Gasteiger partial charge in [-0.3, -0.25) is 0 Å². The molecule has 30 heavy (non-hydrogen) atoms. The van der Waals surface area contributed by atoms with Gasteiger partial charge in [0.1, 0.15) is 5.75 Å². The molecule has 3 aromatic carbocycles. The second kappa shape index (κ2) is 9.64. The van der Waals surface area contributed by atoms with E-state index in [1.165, 1.54) is 31.2 Å². The molecule has 0 aliphatic heterocycles. The van der Waals surface area contributed by atoms with Crippen LogP contribution < -0.4 is 9.83 Å². The zero-order valence-corrected chi connectivity index (χ0v) is 18.9. The van der Waals surface area contributed by atoms with Gasteiger partial charge in [-0.1, -0.05) is 94.6 Å². The van der Waals surface area contributed by atoms with E-state index in [-0.39, 0.29) is 10.7 Å². The van der Waals surface area contributed by atoms with Crippen molar-refractivity contribution < 1.29 is 14.0 Å². The summed E-state index contributed by atoms with van der Waals surface area (Å²) in [5.41, 5.74) is 3.60. The van der Waals surface area contributed by atoms with E-state index in [9.17, 15) is 9.46 Å². The van der Waals surface area contributed by atoms with E-state index in [4.69, 9.17) is 4.52 Å². The lowest BCUT2D eigenvalue weighted by molar-refractivity contribution is 0.393. The predicted octanol–water partition coefficient (Wildman–Crippen LogP) is 7.10. The molecule has 1 N–H and O–H groups in total. The summed E-state index contributed by atoms with van der Waals surface area (Å²) in [5.74, 6) is 0.379. The topological polar surface area (TPSA) is 46.5 Å². The highest BCUT2D eigenvalue weighted by Crippen LogP contribution is 2.41. The van der Waals surface area contributed by atoms with Crippen LogP contribution in [0.25, 0.3) is 11.1 Å². The Bertz CT molecular complexity index is 977. The summed E-state index contributed by atoms with van der Waals surface area (Å²) in [6.07, 6.45) is 4.94. The Morgan fingerprint density at radius 2 is 1.40 bits per heavy atom. The molecule has 0 aliphatic carbocycles. The summed E-state index contributed by atoms with van der Waals surface area (Å²) in [7, 11) is -3.92. The fourth-order valence-corrected chi connectivity index (χ4v) is 4.63. The van der Waals surface area contributed by atoms with Crippen LogP contribution in [0.3, 0.4) is 0 Å². The first-order valence-corrected chi connectivity index (χ1v) is 12.2. The van der Waals surface area contributed by atoms with Crippen LogP contribution in [-0.4, -0.2) is 4.89 Å². The lowest BCUT2D eigenvalue weighted by atomic mass is 9.79. The van der Waals surface area contributed by atoms with Crippen molar-refractivity contribution in [2.75, 3.05) is 0 Å². The first kappa shape index (κ1) is 22.3. The van der Waals surface area contributed by atoms with E-state index in [0.29, 0.717) is 5.75 Å². The van der Waals surface area contributed by atoms with Crippen molar-refractivity contribution in [1.82, 2.24) is 0 Å². The summed E-state index contributed by atoms with van der Waals surface area (Å²) < 4.78 is 18.0. The van der Waals surface area contributed by atoms with Gasteiger partial charge in [-0.2, -0.15) is 0 Å². The van der Waals surface area contributed by atoms with Gasteiger partial charge < -0.3 is 9.42 Å². The van der Waals surface area contributed by atoms with Crippen LogP contribution in [0.4, 0.5) is 0 Å². The molecular formula is C26H31O3P. The molecule has 0 aliphatic rings. The standard InChI is InChI=1S/C26H31O3P/c1-4-5-9-20-26(2,3)23-16-12-21(13-17-23)22-14-18-25(19-15-22)30(27,28)29-24-10-7-6-8-11-24/h6-8,10-19H,4-5,9,20H2,1-3H3,(H,27,28). The van der Waals surface area contributed by atoms with Gasteiger partial charge in [-0.05, 0) is 52.8 Å². The molecule has 3 aromatic rings. The van der Waals surface area contributed by atoms with Crippen LogP contribution in [0.5, 0.6) is 5.75 Å². The van der Waals surface area contributed by atoms with E-state index < -0.39 is 7.60 Å². The number of rotatable bonds is 9. The first-order chi connectivity index (χ1) is 14.3. The smallest absolute Gasteiger partial charge is 0.408 e. The van der Waals surface area contributed by atoms with Crippen molar-refractivity contribution in [2.24, 2.45) is 0 Å². The molecule has 0 aromatic heterocycles. The van der Waals surface area contributed by atoms with Crippen molar-refractivity contribution in [3.63, 3.8) is 0 Å². The molecule has 0 amide bonds. The van der Waals surface area contributed by atoms with E-state index in [1.807, 2.05) is 18.2 Å².